The van der Waals surface area contributed by atoms with Gasteiger partial charge in [-0.25, -0.2) is 0 Å². The van der Waals surface area contributed by atoms with Crippen molar-refractivity contribution < 1.29 is 4.74 Å². The maximum Gasteiger partial charge on any atom is 0.0618 e. The van der Waals surface area contributed by atoms with E-state index in [0.717, 1.165) is 12.3 Å². The topological polar surface area (TPSA) is 49.9 Å². The van der Waals surface area contributed by atoms with Gasteiger partial charge < -0.3 is 10.1 Å². The van der Waals surface area contributed by atoms with Gasteiger partial charge in [0.25, 0.3) is 0 Å². The Morgan fingerprint density at radius 3 is 2.67 bits per heavy atom. The third-order valence-corrected chi connectivity index (χ3v) is 2.60. The summed E-state index contributed by atoms with van der Waals surface area (Å²) in [6.45, 7) is 7.24. The molecular formula is C11H21N3O. The van der Waals surface area contributed by atoms with Gasteiger partial charge >= 0.3 is 0 Å². The van der Waals surface area contributed by atoms with Crippen LogP contribution in [0, 0.1) is 5.92 Å². The predicted octanol–water partition coefficient (Wildman–Crippen LogP) is 1.73. The number of ether oxygens (including phenoxy) is 1. The van der Waals surface area contributed by atoms with Gasteiger partial charge in [0.1, 0.15) is 0 Å². The van der Waals surface area contributed by atoms with Crippen LogP contribution < -0.4 is 5.32 Å². The van der Waals surface area contributed by atoms with Crippen molar-refractivity contribution in [2.75, 3.05) is 13.7 Å². The minimum atomic E-state index is 0.273. The molecule has 0 radical (unpaired) electrons. The second-order valence-electron chi connectivity index (χ2n) is 4.21. The second kappa shape index (κ2) is 5.88. The summed E-state index contributed by atoms with van der Waals surface area (Å²) >= 11 is 0. The molecule has 0 bridgehead atoms. The van der Waals surface area contributed by atoms with E-state index in [-0.39, 0.29) is 6.04 Å². The maximum absolute atomic E-state index is 5.20. The summed E-state index contributed by atoms with van der Waals surface area (Å²) in [6.07, 6.45) is 1.77. The zero-order valence-corrected chi connectivity index (χ0v) is 9.95. The highest BCUT2D eigenvalue weighted by atomic mass is 16.5. The van der Waals surface area contributed by atoms with Crippen LogP contribution in [0.25, 0.3) is 0 Å². The Morgan fingerprint density at radius 1 is 1.47 bits per heavy atom. The molecule has 2 unspecified atom stereocenters. The van der Waals surface area contributed by atoms with Crippen molar-refractivity contribution in [3.05, 3.63) is 18.0 Å². The van der Waals surface area contributed by atoms with Crippen molar-refractivity contribution in [3.8, 4) is 0 Å². The van der Waals surface area contributed by atoms with Crippen molar-refractivity contribution in [2.45, 2.75) is 32.9 Å². The first-order valence-electron chi connectivity index (χ1n) is 5.39. The van der Waals surface area contributed by atoms with Crippen LogP contribution in [0.3, 0.4) is 0 Å². The van der Waals surface area contributed by atoms with E-state index in [1.54, 1.807) is 13.3 Å². The SMILES string of the molecule is COCC(NC(C)c1ccn[nH]1)C(C)C. The van der Waals surface area contributed by atoms with Gasteiger partial charge in [0.15, 0.2) is 0 Å². The molecule has 1 heterocycles. The average molecular weight is 211 g/mol. The molecule has 1 aromatic heterocycles. The van der Waals surface area contributed by atoms with Crippen LogP contribution in [-0.2, 0) is 4.74 Å². The Labute approximate surface area is 91.4 Å². The summed E-state index contributed by atoms with van der Waals surface area (Å²) in [4.78, 5) is 0. The standard InChI is InChI=1S/C11H21N3O/c1-8(2)11(7-15-4)13-9(3)10-5-6-12-14-10/h5-6,8-9,11,13H,7H2,1-4H3,(H,12,14). The number of aromatic nitrogens is 2. The molecule has 4 nitrogen and oxygen atoms in total. The molecule has 2 N–H and O–H groups in total. The normalized spacial score (nSPS) is 15.5. The third kappa shape index (κ3) is 3.64. The molecule has 4 heteroatoms. The fraction of sp³-hybridized carbons (Fsp3) is 0.727. The van der Waals surface area contributed by atoms with Crippen molar-refractivity contribution in [2.24, 2.45) is 5.92 Å². The molecule has 0 aliphatic rings. The molecule has 86 valence electrons. The van der Waals surface area contributed by atoms with Crippen LogP contribution in [0.5, 0.6) is 0 Å². The predicted molar refractivity (Wildman–Crippen MR) is 60.6 cm³/mol. The lowest BCUT2D eigenvalue weighted by atomic mass is 10.0. The van der Waals surface area contributed by atoms with Gasteiger partial charge in [0.05, 0.1) is 12.3 Å². The highest BCUT2D eigenvalue weighted by Gasteiger charge is 2.16. The largest absolute Gasteiger partial charge is 0.383 e. The Balaban J connectivity index is 2.50. The fourth-order valence-corrected chi connectivity index (χ4v) is 1.53. The van der Waals surface area contributed by atoms with Crippen molar-refractivity contribution in [1.29, 1.82) is 0 Å². The first kappa shape index (κ1) is 12.2. The summed E-state index contributed by atoms with van der Waals surface area (Å²) in [6, 6.07) is 2.63. The molecule has 0 saturated carbocycles. The van der Waals surface area contributed by atoms with Gasteiger partial charge in [-0.1, -0.05) is 13.8 Å². The van der Waals surface area contributed by atoms with E-state index < -0.39 is 0 Å². The maximum atomic E-state index is 5.20. The van der Waals surface area contributed by atoms with Crippen LogP contribution >= 0.6 is 0 Å². The van der Waals surface area contributed by atoms with Gasteiger partial charge in [-0.15, -0.1) is 0 Å². The monoisotopic (exact) mass is 211 g/mol. The summed E-state index contributed by atoms with van der Waals surface area (Å²) in [5.74, 6) is 0.551. The van der Waals surface area contributed by atoms with Crippen LogP contribution in [0.1, 0.15) is 32.5 Å². The zero-order valence-electron chi connectivity index (χ0n) is 9.95. The minimum Gasteiger partial charge on any atom is -0.383 e. The van der Waals surface area contributed by atoms with E-state index in [1.807, 2.05) is 6.07 Å². The van der Waals surface area contributed by atoms with Crippen LogP contribution in [0.4, 0.5) is 0 Å². The number of nitrogens with one attached hydrogen (secondary N) is 2. The van der Waals surface area contributed by atoms with E-state index in [2.05, 4.69) is 36.3 Å². The number of nitrogens with zero attached hydrogens (tertiary/aromatic N) is 1. The van der Waals surface area contributed by atoms with E-state index in [4.69, 9.17) is 4.74 Å². The molecule has 0 spiro atoms. The van der Waals surface area contributed by atoms with E-state index in [0.29, 0.717) is 12.0 Å². The Hall–Kier alpha value is -0.870. The molecule has 1 rings (SSSR count). The number of hydrogen-bond acceptors (Lipinski definition) is 3. The first-order chi connectivity index (χ1) is 7.15. The second-order valence-corrected chi connectivity index (χ2v) is 4.21. The van der Waals surface area contributed by atoms with Gasteiger partial charge in [0.2, 0.25) is 0 Å². The quantitative estimate of drug-likeness (QED) is 0.753. The molecule has 15 heavy (non-hydrogen) atoms. The lowest BCUT2D eigenvalue weighted by Gasteiger charge is -2.25. The lowest BCUT2D eigenvalue weighted by molar-refractivity contribution is 0.141. The molecule has 0 fully saturated rings. The summed E-state index contributed by atoms with van der Waals surface area (Å²) < 4.78 is 5.20. The molecule has 0 aliphatic heterocycles. The van der Waals surface area contributed by atoms with Crippen LogP contribution in [0.15, 0.2) is 12.3 Å². The van der Waals surface area contributed by atoms with E-state index in [9.17, 15) is 0 Å². The first-order valence-corrected chi connectivity index (χ1v) is 5.39. The van der Waals surface area contributed by atoms with E-state index in [1.165, 1.54) is 0 Å². The Kier molecular flexibility index (Phi) is 4.78. The smallest absolute Gasteiger partial charge is 0.0618 e. The Bertz CT molecular complexity index is 259. The van der Waals surface area contributed by atoms with E-state index >= 15 is 0 Å². The molecule has 0 amide bonds. The van der Waals surface area contributed by atoms with Crippen molar-refractivity contribution >= 4 is 0 Å². The Morgan fingerprint density at radius 2 is 2.20 bits per heavy atom. The number of H-pyrrole nitrogens is 1. The highest BCUT2D eigenvalue weighted by molar-refractivity contribution is 5.03. The highest BCUT2D eigenvalue weighted by Crippen LogP contribution is 2.12. The molecule has 0 aliphatic carbocycles. The molecule has 0 aromatic carbocycles. The summed E-state index contributed by atoms with van der Waals surface area (Å²) in [5, 5.41) is 10.4. The van der Waals surface area contributed by atoms with Gasteiger partial charge in [-0.05, 0) is 18.9 Å². The lowest BCUT2D eigenvalue weighted by Crippen LogP contribution is -2.39. The number of rotatable bonds is 6. The molecule has 0 saturated heterocycles. The zero-order chi connectivity index (χ0) is 11.3. The van der Waals surface area contributed by atoms with Gasteiger partial charge in [-0.2, -0.15) is 5.10 Å². The van der Waals surface area contributed by atoms with Gasteiger partial charge in [-0.3, -0.25) is 5.10 Å². The molecular weight excluding hydrogens is 190 g/mol. The fourth-order valence-electron chi connectivity index (χ4n) is 1.53. The van der Waals surface area contributed by atoms with Crippen LogP contribution in [0.2, 0.25) is 0 Å². The van der Waals surface area contributed by atoms with Crippen molar-refractivity contribution in [3.63, 3.8) is 0 Å². The average Bonchev–Trinajstić information content (AvgIpc) is 2.69. The number of hydrogen-bond donors (Lipinski definition) is 2. The van der Waals surface area contributed by atoms with Gasteiger partial charge in [0, 0.05) is 25.4 Å². The summed E-state index contributed by atoms with van der Waals surface area (Å²) in [7, 11) is 1.73. The van der Waals surface area contributed by atoms with Crippen LogP contribution in [-0.4, -0.2) is 30.0 Å². The summed E-state index contributed by atoms with van der Waals surface area (Å²) in [5.41, 5.74) is 1.11. The molecule has 1 aromatic rings. The van der Waals surface area contributed by atoms with Crippen molar-refractivity contribution in [1.82, 2.24) is 15.5 Å². The number of methoxy groups -OCH3 is 1. The minimum absolute atomic E-state index is 0.273. The number of aromatic amines is 1. The third-order valence-electron chi connectivity index (χ3n) is 2.60. The molecule has 2 atom stereocenters.